The first kappa shape index (κ1) is 14.1. The molecule has 108 valence electrons. The van der Waals surface area contributed by atoms with Crippen LogP contribution < -0.4 is 5.32 Å². The molecule has 0 aliphatic carbocycles. The maximum Gasteiger partial charge on any atom is 0.103 e. The Morgan fingerprint density at radius 1 is 1.18 bits per heavy atom. The second-order valence-corrected chi connectivity index (χ2v) is 5.36. The summed E-state index contributed by atoms with van der Waals surface area (Å²) in [5.41, 5.74) is 5.67. The molecule has 1 aromatic heterocycles. The Kier molecular flexibility index (Phi) is 3.76. The summed E-state index contributed by atoms with van der Waals surface area (Å²) in [6.45, 7) is 4.17. The zero-order chi connectivity index (χ0) is 15.5. The van der Waals surface area contributed by atoms with Gasteiger partial charge in [-0.3, -0.25) is 4.98 Å². The summed E-state index contributed by atoms with van der Waals surface area (Å²) in [5, 5.41) is 13.8. The first-order valence-electron chi connectivity index (χ1n) is 7.36. The topological polar surface area (TPSA) is 48.7 Å². The van der Waals surface area contributed by atoms with Gasteiger partial charge in [-0.15, -0.1) is 0 Å². The highest BCUT2D eigenvalue weighted by Gasteiger charge is 2.09. The van der Waals surface area contributed by atoms with E-state index >= 15 is 0 Å². The van der Waals surface area contributed by atoms with E-state index in [9.17, 15) is 5.26 Å². The highest BCUT2D eigenvalue weighted by Crippen LogP contribution is 2.29. The van der Waals surface area contributed by atoms with Crippen molar-refractivity contribution in [2.45, 2.75) is 20.3 Å². The number of benzene rings is 2. The first-order chi connectivity index (χ1) is 10.7. The molecule has 0 saturated carbocycles. The van der Waals surface area contributed by atoms with E-state index in [0.29, 0.717) is 5.56 Å². The number of hydrogen-bond donors (Lipinski definition) is 1. The van der Waals surface area contributed by atoms with Crippen molar-refractivity contribution in [2.24, 2.45) is 0 Å². The van der Waals surface area contributed by atoms with Crippen LogP contribution in [-0.4, -0.2) is 4.98 Å². The lowest BCUT2D eigenvalue weighted by molar-refractivity contribution is 1.14. The molecule has 3 heteroatoms. The van der Waals surface area contributed by atoms with Crippen molar-refractivity contribution < 1.29 is 0 Å². The molecule has 0 radical (unpaired) electrons. The van der Waals surface area contributed by atoms with Gasteiger partial charge in [-0.2, -0.15) is 5.26 Å². The van der Waals surface area contributed by atoms with Crippen molar-refractivity contribution >= 4 is 22.3 Å². The van der Waals surface area contributed by atoms with Gasteiger partial charge in [0.1, 0.15) is 6.07 Å². The Bertz CT molecular complexity index is 875. The first-order valence-corrected chi connectivity index (χ1v) is 7.36. The third-order valence-corrected chi connectivity index (χ3v) is 3.75. The molecule has 1 N–H and O–H groups in total. The fourth-order valence-electron chi connectivity index (χ4n) is 2.54. The number of anilines is 2. The van der Waals surface area contributed by atoms with E-state index in [-0.39, 0.29) is 0 Å². The summed E-state index contributed by atoms with van der Waals surface area (Å²) in [6, 6.07) is 16.6. The summed E-state index contributed by atoms with van der Waals surface area (Å²) in [6.07, 6.45) is 2.61. The zero-order valence-electron chi connectivity index (χ0n) is 12.7. The fraction of sp³-hybridized carbons (Fsp3) is 0.158. The van der Waals surface area contributed by atoms with Crippen LogP contribution in [0.4, 0.5) is 11.4 Å². The minimum atomic E-state index is 0.556. The van der Waals surface area contributed by atoms with Crippen molar-refractivity contribution in [3.8, 4) is 6.07 Å². The molecular formula is C19H17N3. The van der Waals surface area contributed by atoms with Crippen LogP contribution in [0.1, 0.15) is 23.6 Å². The third-order valence-electron chi connectivity index (χ3n) is 3.75. The predicted octanol–water partition coefficient (Wildman–Crippen LogP) is 4.72. The molecule has 0 amide bonds. The Morgan fingerprint density at radius 2 is 2.05 bits per heavy atom. The van der Waals surface area contributed by atoms with Crippen LogP contribution in [-0.2, 0) is 6.42 Å². The molecule has 3 aromatic rings. The van der Waals surface area contributed by atoms with Gasteiger partial charge in [-0.25, -0.2) is 0 Å². The van der Waals surface area contributed by atoms with E-state index < -0.39 is 0 Å². The maximum absolute atomic E-state index is 9.40. The van der Waals surface area contributed by atoms with Crippen LogP contribution in [0.5, 0.6) is 0 Å². The van der Waals surface area contributed by atoms with Gasteiger partial charge in [0.2, 0.25) is 0 Å². The van der Waals surface area contributed by atoms with Gasteiger partial charge in [-0.1, -0.05) is 30.7 Å². The van der Waals surface area contributed by atoms with Crippen LogP contribution in [0.2, 0.25) is 0 Å². The number of nitrogens with one attached hydrogen (secondary N) is 1. The zero-order valence-corrected chi connectivity index (χ0v) is 12.7. The number of aryl methyl sites for hydroxylation is 2. The van der Waals surface area contributed by atoms with Crippen LogP contribution >= 0.6 is 0 Å². The predicted molar refractivity (Wildman–Crippen MR) is 90.3 cm³/mol. The van der Waals surface area contributed by atoms with E-state index in [1.165, 1.54) is 5.56 Å². The van der Waals surface area contributed by atoms with Crippen LogP contribution in [0, 0.1) is 18.3 Å². The summed E-state index contributed by atoms with van der Waals surface area (Å²) in [7, 11) is 0. The van der Waals surface area contributed by atoms with Crippen LogP contribution in [0.3, 0.4) is 0 Å². The molecule has 22 heavy (non-hydrogen) atoms. The van der Waals surface area contributed by atoms with Gasteiger partial charge in [0.05, 0.1) is 16.8 Å². The average Bonchev–Trinajstić information content (AvgIpc) is 2.55. The number of rotatable bonds is 3. The smallest absolute Gasteiger partial charge is 0.103 e. The highest BCUT2D eigenvalue weighted by molar-refractivity contribution is 5.96. The molecule has 0 aliphatic rings. The molecule has 2 aromatic carbocycles. The molecule has 0 aliphatic heterocycles. The van der Waals surface area contributed by atoms with Gasteiger partial charge in [0.25, 0.3) is 0 Å². The van der Waals surface area contributed by atoms with Gasteiger partial charge in [-0.05, 0) is 43.2 Å². The second kappa shape index (κ2) is 5.87. The van der Waals surface area contributed by atoms with Crippen molar-refractivity contribution in [2.75, 3.05) is 5.32 Å². The molecule has 3 rings (SSSR count). The summed E-state index contributed by atoms with van der Waals surface area (Å²) < 4.78 is 0. The third kappa shape index (κ3) is 2.64. The number of nitriles is 1. The number of fused-ring (bicyclic) bond motifs is 1. The van der Waals surface area contributed by atoms with E-state index in [1.807, 2.05) is 31.2 Å². The lowest BCUT2D eigenvalue weighted by Crippen LogP contribution is -1.97. The van der Waals surface area contributed by atoms with Gasteiger partial charge in [0, 0.05) is 17.3 Å². The Labute approximate surface area is 130 Å². The van der Waals surface area contributed by atoms with Gasteiger partial charge < -0.3 is 5.32 Å². The summed E-state index contributed by atoms with van der Waals surface area (Å²) in [5.74, 6) is 0. The minimum Gasteiger partial charge on any atom is -0.354 e. The fourth-order valence-corrected chi connectivity index (χ4v) is 2.54. The molecule has 0 fully saturated rings. The number of nitrogens with zero attached hydrogens (tertiary/aromatic N) is 2. The van der Waals surface area contributed by atoms with Crippen LogP contribution in [0.25, 0.3) is 10.9 Å². The SMILES string of the molecule is CCc1cccc(Nc2c(C#N)cnc3ccc(C)cc23)c1. The quantitative estimate of drug-likeness (QED) is 0.758. The molecule has 0 atom stereocenters. The molecule has 0 saturated heterocycles. The van der Waals surface area contributed by atoms with Crippen LogP contribution in [0.15, 0.2) is 48.7 Å². The van der Waals surface area contributed by atoms with Crippen molar-refractivity contribution in [3.05, 3.63) is 65.4 Å². The summed E-state index contributed by atoms with van der Waals surface area (Å²) >= 11 is 0. The van der Waals surface area contributed by atoms with Crippen molar-refractivity contribution in [1.29, 1.82) is 5.26 Å². The number of aromatic nitrogens is 1. The van der Waals surface area contributed by atoms with Crippen molar-refractivity contribution in [1.82, 2.24) is 4.98 Å². The maximum atomic E-state index is 9.40. The molecule has 3 nitrogen and oxygen atoms in total. The van der Waals surface area contributed by atoms with Gasteiger partial charge >= 0.3 is 0 Å². The van der Waals surface area contributed by atoms with E-state index in [1.54, 1.807) is 6.20 Å². The van der Waals surface area contributed by atoms with E-state index in [0.717, 1.165) is 34.3 Å². The molecule has 0 bridgehead atoms. The highest BCUT2D eigenvalue weighted by atomic mass is 14.9. The number of pyridine rings is 1. The molecule has 0 unspecified atom stereocenters. The Balaban J connectivity index is 2.15. The van der Waals surface area contributed by atoms with E-state index in [2.05, 4.69) is 41.5 Å². The largest absolute Gasteiger partial charge is 0.354 e. The average molecular weight is 287 g/mol. The summed E-state index contributed by atoms with van der Waals surface area (Å²) in [4.78, 5) is 4.37. The van der Waals surface area contributed by atoms with Crippen molar-refractivity contribution in [3.63, 3.8) is 0 Å². The lowest BCUT2D eigenvalue weighted by atomic mass is 10.1. The minimum absolute atomic E-state index is 0.556. The monoisotopic (exact) mass is 287 g/mol. The Hall–Kier alpha value is -2.86. The second-order valence-electron chi connectivity index (χ2n) is 5.36. The molecule has 1 heterocycles. The molecular weight excluding hydrogens is 270 g/mol. The standard InChI is InChI=1S/C19H17N3/c1-3-14-5-4-6-16(10-14)22-19-15(11-20)12-21-18-8-7-13(2)9-17(18)19/h4-10,12H,3H2,1-2H3,(H,21,22). The molecule has 0 spiro atoms. The number of hydrogen-bond acceptors (Lipinski definition) is 3. The Morgan fingerprint density at radius 3 is 2.82 bits per heavy atom. The van der Waals surface area contributed by atoms with Gasteiger partial charge in [0.15, 0.2) is 0 Å². The lowest BCUT2D eigenvalue weighted by Gasteiger charge is -2.12. The normalized spacial score (nSPS) is 10.4. The van der Waals surface area contributed by atoms with E-state index in [4.69, 9.17) is 0 Å².